The SMILES string of the molecule is CCC(C)(C)CC(C)(C(=O)OC1C2CC3C(=O)OC1C3C2)C(C)C. The highest BCUT2D eigenvalue weighted by molar-refractivity contribution is 5.79. The van der Waals surface area contributed by atoms with Crippen LogP contribution in [0.4, 0.5) is 0 Å². The summed E-state index contributed by atoms with van der Waals surface area (Å²) in [4.78, 5) is 25.0. The Bertz CT molecular complexity index is 538. The largest absolute Gasteiger partial charge is 0.458 e. The molecule has 3 fully saturated rings. The molecule has 0 aromatic heterocycles. The number of carbonyl (C=O) groups excluding carboxylic acids is 2. The predicted octanol–water partition coefficient (Wildman–Crippen LogP) is 3.97. The minimum atomic E-state index is -0.511. The molecule has 0 aromatic carbocycles. The van der Waals surface area contributed by atoms with E-state index in [9.17, 15) is 9.59 Å². The van der Waals surface area contributed by atoms with Gasteiger partial charge >= 0.3 is 11.9 Å². The summed E-state index contributed by atoms with van der Waals surface area (Å²) in [5, 5.41) is 0. The van der Waals surface area contributed by atoms with Gasteiger partial charge in [-0.3, -0.25) is 9.59 Å². The zero-order valence-corrected chi connectivity index (χ0v) is 15.9. The fraction of sp³-hybridized carbons (Fsp3) is 0.900. The number of rotatable bonds is 6. The average Bonchev–Trinajstić information content (AvgIpc) is 3.11. The van der Waals surface area contributed by atoms with Gasteiger partial charge in [-0.25, -0.2) is 0 Å². The van der Waals surface area contributed by atoms with Crippen LogP contribution in [0.3, 0.4) is 0 Å². The quantitative estimate of drug-likeness (QED) is 0.689. The summed E-state index contributed by atoms with van der Waals surface area (Å²) in [5.74, 6) is 0.647. The highest BCUT2D eigenvalue weighted by atomic mass is 16.6. The number of hydrogen-bond acceptors (Lipinski definition) is 4. The van der Waals surface area contributed by atoms with Crippen LogP contribution in [0.2, 0.25) is 0 Å². The molecule has 1 saturated heterocycles. The molecule has 0 radical (unpaired) electrons. The van der Waals surface area contributed by atoms with E-state index in [2.05, 4.69) is 34.6 Å². The third kappa shape index (κ3) is 2.66. The van der Waals surface area contributed by atoms with E-state index in [1.807, 2.05) is 6.92 Å². The van der Waals surface area contributed by atoms with Gasteiger partial charge in [0.15, 0.2) is 0 Å². The Labute approximate surface area is 145 Å². The smallest absolute Gasteiger partial charge is 0.312 e. The second-order valence-electron chi connectivity index (χ2n) is 9.54. The van der Waals surface area contributed by atoms with Gasteiger partial charge < -0.3 is 9.47 Å². The molecular weight excluding hydrogens is 304 g/mol. The third-order valence-electron chi connectivity index (χ3n) is 7.20. The standard InChI is InChI=1S/C20H32O4/c1-7-19(4,5)10-20(6,11(2)3)18(22)24-15-12-8-13-14(9-12)17(21)23-16(13)15/h11-16H,7-10H2,1-6H3. The van der Waals surface area contributed by atoms with Gasteiger partial charge in [-0.15, -0.1) is 0 Å². The summed E-state index contributed by atoms with van der Waals surface area (Å²) in [7, 11) is 0. The van der Waals surface area contributed by atoms with Crippen molar-refractivity contribution in [1.29, 1.82) is 0 Å². The van der Waals surface area contributed by atoms with E-state index in [-0.39, 0.29) is 47.3 Å². The van der Waals surface area contributed by atoms with E-state index in [0.717, 1.165) is 25.7 Å². The molecule has 4 nitrogen and oxygen atoms in total. The Morgan fingerprint density at radius 3 is 2.54 bits per heavy atom. The Kier molecular flexibility index (Phi) is 4.25. The lowest BCUT2D eigenvalue weighted by molar-refractivity contribution is -0.175. The lowest BCUT2D eigenvalue weighted by Crippen LogP contribution is -2.44. The third-order valence-corrected chi connectivity index (χ3v) is 7.20. The first-order valence-corrected chi connectivity index (χ1v) is 9.50. The van der Waals surface area contributed by atoms with Crippen molar-refractivity contribution in [2.45, 2.75) is 79.4 Å². The second-order valence-corrected chi connectivity index (χ2v) is 9.54. The fourth-order valence-corrected chi connectivity index (χ4v) is 4.95. The molecule has 1 aliphatic heterocycles. The zero-order valence-electron chi connectivity index (χ0n) is 15.9. The minimum absolute atomic E-state index is 0.0606. The van der Waals surface area contributed by atoms with Gasteiger partial charge in [-0.1, -0.05) is 41.0 Å². The number of carbonyl (C=O) groups is 2. The van der Waals surface area contributed by atoms with Crippen molar-refractivity contribution >= 4 is 11.9 Å². The van der Waals surface area contributed by atoms with Crippen LogP contribution in [-0.2, 0) is 19.1 Å². The lowest BCUT2D eigenvalue weighted by Gasteiger charge is -2.39. The van der Waals surface area contributed by atoms with Crippen molar-refractivity contribution in [3.05, 3.63) is 0 Å². The summed E-state index contributed by atoms with van der Waals surface area (Å²) in [6.45, 7) is 12.8. The van der Waals surface area contributed by atoms with Crippen LogP contribution in [0.15, 0.2) is 0 Å². The molecule has 0 spiro atoms. The number of fused-ring (bicyclic) bond motifs is 1. The van der Waals surface area contributed by atoms with E-state index < -0.39 is 5.41 Å². The van der Waals surface area contributed by atoms with Crippen molar-refractivity contribution in [2.24, 2.45) is 34.5 Å². The number of hydrogen-bond donors (Lipinski definition) is 0. The van der Waals surface area contributed by atoms with E-state index in [4.69, 9.17) is 9.47 Å². The van der Waals surface area contributed by atoms with Gasteiger partial charge in [0, 0.05) is 11.8 Å². The van der Waals surface area contributed by atoms with Crippen LogP contribution < -0.4 is 0 Å². The van der Waals surface area contributed by atoms with E-state index in [0.29, 0.717) is 5.92 Å². The molecule has 2 bridgehead atoms. The number of ether oxygens (including phenoxy) is 2. The molecule has 2 aliphatic carbocycles. The van der Waals surface area contributed by atoms with Crippen molar-refractivity contribution in [3.63, 3.8) is 0 Å². The van der Waals surface area contributed by atoms with Gasteiger partial charge in [-0.05, 0) is 37.5 Å². The minimum Gasteiger partial charge on any atom is -0.458 e. The topological polar surface area (TPSA) is 52.6 Å². The summed E-state index contributed by atoms with van der Waals surface area (Å²) < 4.78 is 11.6. The van der Waals surface area contributed by atoms with Gasteiger partial charge in [0.05, 0.1) is 11.3 Å². The molecule has 0 N–H and O–H groups in total. The van der Waals surface area contributed by atoms with Crippen LogP contribution in [0.1, 0.15) is 67.2 Å². The highest BCUT2D eigenvalue weighted by Crippen LogP contribution is 2.56. The Hall–Kier alpha value is -1.06. The molecular formula is C20H32O4. The van der Waals surface area contributed by atoms with Crippen LogP contribution in [0.5, 0.6) is 0 Å². The molecule has 0 amide bonds. The molecule has 1 heterocycles. The summed E-state index contributed by atoms with van der Waals surface area (Å²) in [5.41, 5.74) is -0.416. The highest BCUT2D eigenvalue weighted by Gasteiger charge is 2.63. The first-order valence-electron chi connectivity index (χ1n) is 9.50. The number of esters is 2. The predicted molar refractivity (Wildman–Crippen MR) is 91.1 cm³/mol. The fourth-order valence-electron chi connectivity index (χ4n) is 4.95. The molecule has 3 rings (SSSR count). The normalized spacial score (nSPS) is 36.8. The molecule has 2 saturated carbocycles. The van der Waals surface area contributed by atoms with Crippen molar-refractivity contribution < 1.29 is 19.1 Å². The Morgan fingerprint density at radius 1 is 1.29 bits per heavy atom. The first-order chi connectivity index (χ1) is 11.1. The van der Waals surface area contributed by atoms with E-state index in [1.54, 1.807) is 0 Å². The lowest BCUT2D eigenvalue weighted by atomic mass is 9.67. The van der Waals surface area contributed by atoms with Crippen molar-refractivity contribution in [1.82, 2.24) is 0 Å². The molecule has 4 heteroatoms. The maximum Gasteiger partial charge on any atom is 0.312 e. The van der Waals surface area contributed by atoms with Crippen LogP contribution in [-0.4, -0.2) is 24.1 Å². The van der Waals surface area contributed by atoms with Gasteiger partial charge in [0.2, 0.25) is 0 Å². The second kappa shape index (κ2) is 5.74. The van der Waals surface area contributed by atoms with Crippen molar-refractivity contribution in [2.75, 3.05) is 0 Å². The maximum absolute atomic E-state index is 13.1. The van der Waals surface area contributed by atoms with Gasteiger partial charge in [-0.2, -0.15) is 0 Å². The molecule has 6 atom stereocenters. The maximum atomic E-state index is 13.1. The zero-order chi connectivity index (χ0) is 17.9. The van der Waals surface area contributed by atoms with Crippen LogP contribution in [0, 0.1) is 34.5 Å². The molecule has 24 heavy (non-hydrogen) atoms. The van der Waals surface area contributed by atoms with E-state index >= 15 is 0 Å². The summed E-state index contributed by atoms with van der Waals surface area (Å²) in [6.07, 6.45) is 3.21. The Balaban J connectivity index is 1.74. The molecule has 6 unspecified atom stereocenters. The van der Waals surface area contributed by atoms with Gasteiger partial charge in [0.1, 0.15) is 12.2 Å². The van der Waals surface area contributed by atoms with Crippen LogP contribution >= 0.6 is 0 Å². The molecule has 0 aromatic rings. The average molecular weight is 336 g/mol. The van der Waals surface area contributed by atoms with E-state index in [1.165, 1.54) is 0 Å². The van der Waals surface area contributed by atoms with Gasteiger partial charge in [0.25, 0.3) is 0 Å². The molecule has 136 valence electrons. The first kappa shape index (κ1) is 17.8. The molecule has 3 aliphatic rings. The van der Waals surface area contributed by atoms with Crippen molar-refractivity contribution in [3.8, 4) is 0 Å². The van der Waals surface area contributed by atoms with Crippen LogP contribution in [0.25, 0.3) is 0 Å². The Morgan fingerprint density at radius 2 is 1.96 bits per heavy atom. The summed E-state index contributed by atoms with van der Waals surface area (Å²) in [6, 6.07) is 0. The summed E-state index contributed by atoms with van der Waals surface area (Å²) >= 11 is 0. The monoisotopic (exact) mass is 336 g/mol.